The molecule has 2 rings (SSSR count). The van der Waals surface area contributed by atoms with Crippen LogP contribution in [0.15, 0.2) is 0 Å². The number of hydrogen-bond donors (Lipinski definition) is 0. The zero-order chi connectivity index (χ0) is 10.3. The average molecular weight is 217 g/mol. The van der Waals surface area contributed by atoms with E-state index in [0.29, 0.717) is 19.3 Å². The molecule has 76 valence electrons. The van der Waals surface area contributed by atoms with Crippen LogP contribution in [0.4, 0.5) is 0 Å². The van der Waals surface area contributed by atoms with Gasteiger partial charge in [-0.05, 0) is 30.9 Å². The van der Waals surface area contributed by atoms with Gasteiger partial charge >= 0.3 is 11.9 Å². The molecule has 3 atom stereocenters. The highest BCUT2D eigenvalue weighted by molar-refractivity contribution is 6.64. The van der Waals surface area contributed by atoms with E-state index >= 15 is 0 Å². The molecule has 0 radical (unpaired) electrons. The van der Waals surface area contributed by atoms with E-state index in [9.17, 15) is 14.4 Å². The SMILES string of the molecule is O=C(Cl)C1CCC2C(=O)OC(=O)C2C1. The fourth-order valence-electron chi connectivity index (χ4n) is 2.17. The van der Waals surface area contributed by atoms with Gasteiger partial charge in [-0.25, -0.2) is 0 Å². The van der Waals surface area contributed by atoms with Gasteiger partial charge in [0.05, 0.1) is 11.8 Å². The molecule has 0 aromatic heterocycles. The molecule has 0 spiro atoms. The van der Waals surface area contributed by atoms with Crippen LogP contribution in [0.1, 0.15) is 19.3 Å². The second-order valence-corrected chi connectivity index (χ2v) is 4.14. The molecule has 1 saturated carbocycles. The summed E-state index contributed by atoms with van der Waals surface area (Å²) in [5.41, 5.74) is 0. The van der Waals surface area contributed by atoms with Crippen molar-refractivity contribution in [2.45, 2.75) is 19.3 Å². The Kier molecular flexibility index (Phi) is 2.31. The molecule has 1 saturated heterocycles. The number of carbonyl (C=O) groups is 3. The number of ether oxygens (including phenoxy) is 1. The van der Waals surface area contributed by atoms with Crippen molar-refractivity contribution in [3.8, 4) is 0 Å². The number of hydrogen-bond acceptors (Lipinski definition) is 4. The maximum atomic E-state index is 11.2. The summed E-state index contributed by atoms with van der Waals surface area (Å²) in [4.78, 5) is 33.2. The fourth-order valence-corrected chi connectivity index (χ4v) is 2.37. The monoisotopic (exact) mass is 216 g/mol. The topological polar surface area (TPSA) is 60.4 Å². The maximum Gasteiger partial charge on any atom is 0.317 e. The highest BCUT2D eigenvalue weighted by atomic mass is 35.5. The van der Waals surface area contributed by atoms with Crippen molar-refractivity contribution in [2.75, 3.05) is 0 Å². The summed E-state index contributed by atoms with van der Waals surface area (Å²) in [7, 11) is 0. The third-order valence-electron chi connectivity index (χ3n) is 2.98. The van der Waals surface area contributed by atoms with Crippen LogP contribution in [0, 0.1) is 17.8 Å². The first-order valence-corrected chi connectivity index (χ1v) is 4.92. The van der Waals surface area contributed by atoms with E-state index in [1.54, 1.807) is 0 Å². The van der Waals surface area contributed by atoms with Crippen LogP contribution in [-0.2, 0) is 19.1 Å². The third kappa shape index (κ3) is 1.43. The van der Waals surface area contributed by atoms with Crippen molar-refractivity contribution < 1.29 is 19.1 Å². The van der Waals surface area contributed by atoms with Crippen LogP contribution in [0.3, 0.4) is 0 Å². The van der Waals surface area contributed by atoms with E-state index in [0.717, 1.165) is 0 Å². The van der Waals surface area contributed by atoms with Crippen LogP contribution in [0.2, 0.25) is 0 Å². The van der Waals surface area contributed by atoms with Crippen LogP contribution < -0.4 is 0 Å². The predicted molar refractivity (Wildman–Crippen MR) is 46.3 cm³/mol. The first-order chi connectivity index (χ1) is 6.59. The van der Waals surface area contributed by atoms with Gasteiger partial charge in [0.2, 0.25) is 5.24 Å². The molecule has 0 aromatic rings. The molecule has 0 amide bonds. The summed E-state index contributed by atoms with van der Waals surface area (Å²) in [5.74, 6) is -2.02. The predicted octanol–water partition coefficient (Wildman–Crippen LogP) is 0.868. The molecule has 0 bridgehead atoms. The van der Waals surface area contributed by atoms with Gasteiger partial charge in [0, 0.05) is 5.92 Å². The Morgan fingerprint density at radius 1 is 1.21 bits per heavy atom. The lowest BCUT2D eigenvalue weighted by molar-refractivity contribution is -0.153. The van der Waals surface area contributed by atoms with Gasteiger partial charge < -0.3 is 4.74 Å². The zero-order valence-corrected chi connectivity index (χ0v) is 8.12. The molecule has 0 N–H and O–H groups in total. The average Bonchev–Trinajstić information content (AvgIpc) is 2.42. The molecule has 1 heterocycles. The Labute approximate surface area is 85.5 Å². The summed E-state index contributed by atoms with van der Waals surface area (Å²) >= 11 is 5.36. The van der Waals surface area contributed by atoms with Gasteiger partial charge in [-0.15, -0.1) is 0 Å². The first kappa shape index (κ1) is 9.65. The van der Waals surface area contributed by atoms with Crippen molar-refractivity contribution >= 4 is 28.8 Å². The standard InChI is InChI=1S/C9H9ClO4/c10-7(11)4-1-2-5-6(3-4)9(13)14-8(5)12/h4-6H,1-3H2. The Morgan fingerprint density at radius 2 is 1.86 bits per heavy atom. The molecule has 4 nitrogen and oxygen atoms in total. The van der Waals surface area contributed by atoms with E-state index in [4.69, 9.17) is 11.6 Å². The van der Waals surface area contributed by atoms with Crippen LogP contribution in [-0.4, -0.2) is 17.2 Å². The molecule has 5 heteroatoms. The molecule has 1 aliphatic heterocycles. The van der Waals surface area contributed by atoms with Crippen molar-refractivity contribution in [3.05, 3.63) is 0 Å². The molecular weight excluding hydrogens is 208 g/mol. The van der Waals surface area contributed by atoms with Crippen molar-refractivity contribution in [1.82, 2.24) is 0 Å². The van der Waals surface area contributed by atoms with Gasteiger partial charge in [0.15, 0.2) is 0 Å². The minimum Gasteiger partial charge on any atom is -0.393 e. The lowest BCUT2D eigenvalue weighted by Crippen LogP contribution is -2.29. The number of halogens is 1. The number of carbonyl (C=O) groups excluding carboxylic acids is 3. The van der Waals surface area contributed by atoms with Gasteiger partial charge in [-0.1, -0.05) is 0 Å². The van der Waals surface area contributed by atoms with Crippen LogP contribution in [0.5, 0.6) is 0 Å². The van der Waals surface area contributed by atoms with E-state index in [2.05, 4.69) is 4.74 Å². The van der Waals surface area contributed by atoms with Crippen molar-refractivity contribution in [2.24, 2.45) is 17.8 Å². The van der Waals surface area contributed by atoms with Crippen LogP contribution >= 0.6 is 11.6 Å². The molecular formula is C9H9ClO4. The first-order valence-electron chi connectivity index (χ1n) is 4.54. The lowest BCUT2D eigenvalue weighted by Gasteiger charge is -2.24. The summed E-state index contributed by atoms with van der Waals surface area (Å²) < 4.78 is 4.50. The molecule has 2 aliphatic rings. The van der Waals surface area contributed by atoms with Crippen molar-refractivity contribution in [3.63, 3.8) is 0 Å². The maximum absolute atomic E-state index is 11.2. The highest BCUT2D eigenvalue weighted by Crippen LogP contribution is 2.40. The number of esters is 2. The Bertz CT molecular complexity index is 312. The van der Waals surface area contributed by atoms with E-state index < -0.39 is 23.1 Å². The van der Waals surface area contributed by atoms with Crippen LogP contribution in [0.25, 0.3) is 0 Å². The van der Waals surface area contributed by atoms with E-state index in [1.807, 2.05) is 0 Å². The normalized spacial score (nSPS) is 36.5. The minimum atomic E-state index is -0.498. The summed E-state index contributed by atoms with van der Waals surface area (Å²) in [6, 6.07) is 0. The molecule has 3 unspecified atom stereocenters. The summed E-state index contributed by atoms with van der Waals surface area (Å²) in [6.45, 7) is 0. The zero-order valence-electron chi connectivity index (χ0n) is 7.36. The van der Waals surface area contributed by atoms with E-state index in [1.165, 1.54) is 0 Å². The second kappa shape index (κ2) is 3.35. The van der Waals surface area contributed by atoms with Crippen molar-refractivity contribution in [1.29, 1.82) is 0 Å². The molecule has 2 fully saturated rings. The van der Waals surface area contributed by atoms with E-state index in [-0.39, 0.29) is 11.8 Å². The highest BCUT2D eigenvalue weighted by Gasteiger charge is 2.48. The Morgan fingerprint density at radius 3 is 2.50 bits per heavy atom. The molecule has 1 aliphatic carbocycles. The largest absolute Gasteiger partial charge is 0.393 e. The third-order valence-corrected chi connectivity index (χ3v) is 3.29. The van der Waals surface area contributed by atoms with Gasteiger partial charge in [-0.2, -0.15) is 0 Å². The number of rotatable bonds is 1. The Hall–Kier alpha value is -0.900. The van der Waals surface area contributed by atoms with Gasteiger partial charge in [0.1, 0.15) is 0 Å². The second-order valence-electron chi connectivity index (χ2n) is 3.77. The summed E-state index contributed by atoms with van der Waals surface area (Å²) in [5, 5.41) is -0.421. The summed E-state index contributed by atoms with van der Waals surface area (Å²) in [6.07, 6.45) is 1.46. The van der Waals surface area contributed by atoms with Gasteiger partial charge in [-0.3, -0.25) is 14.4 Å². The quantitative estimate of drug-likeness (QED) is 0.371. The molecule has 0 aromatic carbocycles. The lowest BCUT2D eigenvalue weighted by atomic mass is 9.76. The van der Waals surface area contributed by atoms with Gasteiger partial charge in [0.25, 0.3) is 0 Å². The minimum absolute atomic E-state index is 0.295. The smallest absolute Gasteiger partial charge is 0.317 e. The number of cyclic esters (lactones) is 2. The Balaban J connectivity index is 2.13. The molecule has 14 heavy (non-hydrogen) atoms. The fraction of sp³-hybridized carbons (Fsp3) is 0.667. The number of fused-ring (bicyclic) bond motifs is 1.